The first-order valence-electron chi connectivity index (χ1n) is 6.72. The number of thiol groups is 1. The number of ether oxygens (including phenoxy) is 1. The molecule has 1 aromatic carbocycles. The third-order valence-electron chi connectivity index (χ3n) is 3.22. The van der Waals surface area contributed by atoms with E-state index in [9.17, 15) is 4.79 Å². The molecular weight excluding hydrogens is 258 g/mol. The van der Waals surface area contributed by atoms with Crippen molar-refractivity contribution in [2.24, 2.45) is 5.92 Å². The van der Waals surface area contributed by atoms with E-state index in [1.54, 1.807) is 0 Å². The van der Waals surface area contributed by atoms with Crippen LogP contribution in [0.3, 0.4) is 0 Å². The Morgan fingerprint density at radius 3 is 2.58 bits per heavy atom. The van der Waals surface area contributed by atoms with E-state index in [0.29, 0.717) is 18.9 Å². The Kier molecular flexibility index (Phi) is 4.75. The topological polar surface area (TPSA) is 29.5 Å². The van der Waals surface area contributed by atoms with Gasteiger partial charge in [0.15, 0.2) is 0 Å². The van der Waals surface area contributed by atoms with Crippen molar-refractivity contribution in [2.45, 2.75) is 32.9 Å². The number of nitrogens with zero attached hydrogens (tertiary/aromatic N) is 1. The van der Waals surface area contributed by atoms with Gasteiger partial charge in [0.1, 0.15) is 5.75 Å². The lowest BCUT2D eigenvalue weighted by Gasteiger charge is -2.17. The second-order valence-electron chi connectivity index (χ2n) is 5.34. The standard InChI is InChI=1S/C15H21NO2S/c1-11(2)18-14-5-3-12(4-6-14)8-16-9-13(10-19)7-15(16)17/h3-6,11,13,19H,7-10H2,1-2H3. The van der Waals surface area contributed by atoms with Gasteiger partial charge in [-0.25, -0.2) is 0 Å². The summed E-state index contributed by atoms with van der Waals surface area (Å²) in [7, 11) is 0. The zero-order valence-corrected chi connectivity index (χ0v) is 12.4. The van der Waals surface area contributed by atoms with E-state index in [1.807, 2.05) is 43.0 Å². The van der Waals surface area contributed by atoms with Crippen molar-refractivity contribution in [1.29, 1.82) is 0 Å². The second kappa shape index (κ2) is 6.33. The molecule has 1 heterocycles. The molecule has 1 atom stereocenters. The highest BCUT2D eigenvalue weighted by atomic mass is 32.1. The third-order valence-corrected chi connectivity index (χ3v) is 3.74. The van der Waals surface area contributed by atoms with E-state index in [0.717, 1.165) is 23.6 Å². The zero-order valence-electron chi connectivity index (χ0n) is 11.5. The Labute approximate surface area is 120 Å². The third kappa shape index (κ3) is 3.90. The molecule has 1 amide bonds. The molecule has 1 aliphatic rings. The highest BCUT2D eigenvalue weighted by Crippen LogP contribution is 2.22. The Bertz CT molecular complexity index is 430. The molecule has 3 nitrogen and oxygen atoms in total. The minimum atomic E-state index is 0.183. The molecule has 1 saturated heterocycles. The molecule has 104 valence electrons. The summed E-state index contributed by atoms with van der Waals surface area (Å²) in [5.41, 5.74) is 1.14. The van der Waals surface area contributed by atoms with Crippen molar-refractivity contribution in [3.63, 3.8) is 0 Å². The summed E-state index contributed by atoms with van der Waals surface area (Å²) in [6.45, 7) is 5.53. The molecular formula is C15H21NO2S. The van der Waals surface area contributed by atoms with Gasteiger partial charge in [0, 0.05) is 19.5 Å². The fourth-order valence-electron chi connectivity index (χ4n) is 2.30. The number of carbonyl (C=O) groups is 1. The van der Waals surface area contributed by atoms with Crippen molar-refractivity contribution in [2.75, 3.05) is 12.3 Å². The van der Waals surface area contributed by atoms with Gasteiger partial charge in [0.2, 0.25) is 5.91 Å². The predicted molar refractivity (Wildman–Crippen MR) is 79.6 cm³/mol. The van der Waals surface area contributed by atoms with Crippen LogP contribution in [0.25, 0.3) is 0 Å². The summed E-state index contributed by atoms with van der Waals surface area (Å²) >= 11 is 4.27. The maximum absolute atomic E-state index is 11.8. The molecule has 2 rings (SSSR count). The second-order valence-corrected chi connectivity index (χ2v) is 5.70. The van der Waals surface area contributed by atoms with Gasteiger partial charge in [0.05, 0.1) is 6.10 Å². The Balaban J connectivity index is 1.94. The molecule has 4 heteroatoms. The minimum Gasteiger partial charge on any atom is -0.491 e. The van der Waals surface area contributed by atoms with E-state index in [1.165, 1.54) is 0 Å². The van der Waals surface area contributed by atoms with Crippen LogP contribution in [0, 0.1) is 5.92 Å². The van der Waals surface area contributed by atoms with E-state index >= 15 is 0 Å². The maximum Gasteiger partial charge on any atom is 0.223 e. The van der Waals surface area contributed by atoms with Crippen molar-refractivity contribution in [3.8, 4) is 5.75 Å². The van der Waals surface area contributed by atoms with E-state index in [-0.39, 0.29) is 12.0 Å². The Hall–Kier alpha value is -1.16. The van der Waals surface area contributed by atoms with Crippen LogP contribution in [0.4, 0.5) is 0 Å². The van der Waals surface area contributed by atoms with Crippen molar-refractivity contribution in [1.82, 2.24) is 4.90 Å². The number of hydrogen-bond donors (Lipinski definition) is 1. The van der Waals surface area contributed by atoms with Gasteiger partial charge >= 0.3 is 0 Å². The molecule has 0 aromatic heterocycles. The van der Waals surface area contributed by atoms with Gasteiger partial charge in [-0.05, 0) is 43.2 Å². The zero-order chi connectivity index (χ0) is 13.8. The van der Waals surface area contributed by atoms with Crippen LogP contribution in [-0.4, -0.2) is 29.2 Å². The SMILES string of the molecule is CC(C)Oc1ccc(CN2CC(CS)CC2=O)cc1. The average Bonchev–Trinajstić information content (AvgIpc) is 2.72. The molecule has 19 heavy (non-hydrogen) atoms. The van der Waals surface area contributed by atoms with Crippen molar-refractivity contribution < 1.29 is 9.53 Å². The molecule has 1 fully saturated rings. The summed E-state index contributed by atoms with van der Waals surface area (Å²) in [5, 5.41) is 0. The van der Waals surface area contributed by atoms with E-state index in [2.05, 4.69) is 12.6 Å². The smallest absolute Gasteiger partial charge is 0.223 e. The number of rotatable bonds is 5. The van der Waals surface area contributed by atoms with Crippen LogP contribution in [0.15, 0.2) is 24.3 Å². The Morgan fingerprint density at radius 1 is 1.37 bits per heavy atom. The summed E-state index contributed by atoms with van der Waals surface area (Å²) in [4.78, 5) is 13.7. The quantitative estimate of drug-likeness (QED) is 0.840. The van der Waals surface area contributed by atoms with Gasteiger partial charge < -0.3 is 9.64 Å². The average molecular weight is 279 g/mol. The van der Waals surface area contributed by atoms with Crippen molar-refractivity contribution >= 4 is 18.5 Å². The largest absolute Gasteiger partial charge is 0.491 e. The summed E-state index contributed by atoms with van der Waals surface area (Å²) in [5.74, 6) is 2.30. The molecule has 0 bridgehead atoms. The first-order chi connectivity index (χ1) is 9.08. The molecule has 1 aromatic rings. The highest BCUT2D eigenvalue weighted by Gasteiger charge is 2.28. The number of likely N-dealkylation sites (tertiary alicyclic amines) is 1. The fraction of sp³-hybridized carbons (Fsp3) is 0.533. The summed E-state index contributed by atoms with van der Waals surface area (Å²) in [6.07, 6.45) is 0.819. The molecule has 1 unspecified atom stereocenters. The monoisotopic (exact) mass is 279 g/mol. The van der Waals surface area contributed by atoms with Gasteiger partial charge in [-0.15, -0.1) is 0 Å². The van der Waals surface area contributed by atoms with E-state index < -0.39 is 0 Å². The fourth-order valence-corrected chi connectivity index (χ4v) is 2.54. The van der Waals surface area contributed by atoms with Crippen LogP contribution in [0.2, 0.25) is 0 Å². The number of amides is 1. The van der Waals surface area contributed by atoms with Crippen molar-refractivity contribution in [3.05, 3.63) is 29.8 Å². The first kappa shape index (κ1) is 14.3. The molecule has 0 N–H and O–H groups in total. The van der Waals surface area contributed by atoms with Gasteiger partial charge in [-0.3, -0.25) is 4.79 Å². The predicted octanol–water partition coefficient (Wildman–Crippen LogP) is 2.75. The number of hydrogen-bond acceptors (Lipinski definition) is 3. The van der Waals surface area contributed by atoms with Crippen LogP contribution in [0.1, 0.15) is 25.8 Å². The lowest BCUT2D eigenvalue weighted by molar-refractivity contribution is -0.128. The minimum absolute atomic E-state index is 0.183. The Morgan fingerprint density at radius 2 is 2.05 bits per heavy atom. The summed E-state index contributed by atoms with van der Waals surface area (Å²) < 4.78 is 5.60. The maximum atomic E-state index is 11.8. The normalized spacial score (nSPS) is 19.3. The van der Waals surface area contributed by atoms with Gasteiger partial charge in [0.25, 0.3) is 0 Å². The number of carbonyl (C=O) groups excluding carboxylic acids is 1. The van der Waals surface area contributed by atoms with Crippen LogP contribution < -0.4 is 4.74 Å². The van der Waals surface area contributed by atoms with E-state index in [4.69, 9.17) is 4.74 Å². The highest BCUT2D eigenvalue weighted by molar-refractivity contribution is 7.80. The molecule has 0 saturated carbocycles. The van der Waals surface area contributed by atoms with Crippen LogP contribution in [0.5, 0.6) is 5.75 Å². The van der Waals surface area contributed by atoms with Gasteiger partial charge in [-0.1, -0.05) is 12.1 Å². The summed E-state index contributed by atoms with van der Waals surface area (Å²) in [6, 6.07) is 7.98. The number of benzene rings is 1. The van der Waals surface area contributed by atoms with Gasteiger partial charge in [-0.2, -0.15) is 12.6 Å². The molecule has 0 aliphatic carbocycles. The molecule has 0 spiro atoms. The first-order valence-corrected chi connectivity index (χ1v) is 7.36. The molecule has 1 aliphatic heterocycles. The van der Waals surface area contributed by atoms with Crippen LogP contribution in [-0.2, 0) is 11.3 Å². The van der Waals surface area contributed by atoms with Crippen LogP contribution >= 0.6 is 12.6 Å². The lowest BCUT2D eigenvalue weighted by atomic mass is 10.1. The lowest BCUT2D eigenvalue weighted by Crippen LogP contribution is -2.24. The molecule has 0 radical (unpaired) electrons.